The Bertz CT molecular complexity index is 783. The smallest absolute Gasteiger partial charge is 0.328 e. The molecule has 0 radical (unpaired) electrons. The molecule has 1 atom stereocenters. The van der Waals surface area contributed by atoms with E-state index in [9.17, 15) is 9.59 Å². The van der Waals surface area contributed by atoms with Gasteiger partial charge in [0.15, 0.2) is 0 Å². The largest absolute Gasteiger partial charge is 0.459 e. The number of rotatable bonds is 4. The SMILES string of the molecule is CC1=Nc2ccsc2C(=O)N([C@@H](C)C(=O)OCc2ccccc2)C1. The van der Waals surface area contributed by atoms with Crippen molar-refractivity contribution in [3.8, 4) is 0 Å². The first-order valence-corrected chi connectivity index (χ1v) is 8.57. The van der Waals surface area contributed by atoms with Crippen molar-refractivity contribution >= 4 is 34.6 Å². The van der Waals surface area contributed by atoms with Gasteiger partial charge in [0.05, 0.1) is 12.2 Å². The van der Waals surface area contributed by atoms with Gasteiger partial charge in [-0.05, 0) is 30.9 Å². The van der Waals surface area contributed by atoms with Crippen LogP contribution in [-0.2, 0) is 16.1 Å². The van der Waals surface area contributed by atoms with Crippen LogP contribution in [0.15, 0.2) is 46.8 Å². The second-order valence-electron chi connectivity index (χ2n) is 5.68. The Morgan fingerprint density at radius 3 is 2.83 bits per heavy atom. The molecule has 0 aliphatic carbocycles. The molecular weight excluding hydrogens is 324 g/mol. The van der Waals surface area contributed by atoms with E-state index in [-0.39, 0.29) is 12.5 Å². The maximum absolute atomic E-state index is 12.7. The molecule has 0 spiro atoms. The number of thiophene rings is 1. The molecular formula is C18H18N2O3S. The lowest BCUT2D eigenvalue weighted by Crippen LogP contribution is -2.45. The molecule has 1 aliphatic rings. The van der Waals surface area contributed by atoms with E-state index >= 15 is 0 Å². The summed E-state index contributed by atoms with van der Waals surface area (Å²) >= 11 is 1.34. The quantitative estimate of drug-likeness (QED) is 0.800. The van der Waals surface area contributed by atoms with Gasteiger partial charge < -0.3 is 9.64 Å². The van der Waals surface area contributed by atoms with Crippen LogP contribution in [0.2, 0.25) is 0 Å². The van der Waals surface area contributed by atoms with Crippen molar-refractivity contribution in [3.63, 3.8) is 0 Å². The van der Waals surface area contributed by atoms with Crippen LogP contribution in [0.4, 0.5) is 5.69 Å². The molecule has 2 heterocycles. The van der Waals surface area contributed by atoms with Gasteiger partial charge in [0.1, 0.15) is 17.5 Å². The molecule has 0 N–H and O–H groups in total. The van der Waals surface area contributed by atoms with Crippen molar-refractivity contribution < 1.29 is 14.3 Å². The first-order valence-electron chi connectivity index (χ1n) is 7.69. The standard InChI is InChI=1S/C18H18N2O3S/c1-12-10-20(17(21)16-15(19-12)8-9-24-16)13(2)18(22)23-11-14-6-4-3-5-7-14/h3-9,13H,10-11H2,1-2H3/t13-/m0/s1. The van der Waals surface area contributed by atoms with Gasteiger partial charge in [0.2, 0.25) is 0 Å². The van der Waals surface area contributed by atoms with Crippen LogP contribution in [0.25, 0.3) is 0 Å². The third-order valence-electron chi connectivity index (χ3n) is 3.84. The third kappa shape index (κ3) is 3.38. The summed E-state index contributed by atoms with van der Waals surface area (Å²) in [6, 6.07) is 10.6. The van der Waals surface area contributed by atoms with Crippen LogP contribution in [0.3, 0.4) is 0 Å². The van der Waals surface area contributed by atoms with Gasteiger partial charge in [0, 0.05) is 5.71 Å². The maximum atomic E-state index is 12.7. The zero-order valence-corrected chi connectivity index (χ0v) is 14.4. The van der Waals surface area contributed by atoms with Gasteiger partial charge in [0.25, 0.3) is 5.91 Å². The van der Waals surface area contributed by atoms with E-state index < -0.39 is 12.0 Å². The number of hydrogen-bond donors (Lipinski definition) is 0. The number of nitrogens with zero attached hydrogens (tertiary/aromatic N) is 2. The first-order chi connectivity index (χ1) is 11.6. The van der Waals surface area contributed by atoms with Gasteiger partial charge in [-0.25, -0.2) is 4.79 Å². The van der Waals surface area contributed by atoms with Gasteiger partial charge >= 0.3 is 5.97 Å². The molecule has 6 heteroatoms. The van der Waals surface area contributed by atoms with Crippen molar-refractivity contribution in [1.82, 2.24) is 4.90 Å². The molecule has 1 aromatic carbocycles. The fourth-order valence-corrected chi connectivity index (χ4v) is 3.32. The molecule has 24 heavy (non-hydrogen) atoms. The average Bonchev–Trinajstić information content (AvgIpc) is 3.01. The molecule has 0 saturated carbocycles. The van der Waals surface area contributed by atoms with E-state index in [0.717, 1.165) is 11.3 Å². The van der Waals surface area contributed by atoms with Crippen molar-refractivity contribution in [1.29, 1.82) is 0 Å². The highest BCUT2D eigenvalue weighted by atomic mass is 32.1. The van der Waals surface area contributed by atoms with Gasteiger partial charge in [-0.3, -0.25) is 9.79 Å². The van der Waals surface area contributed by atoms with E-state index in [2.05, 4.69) is 4.99 Å². The minimum Gasteiger partial charge on any atom is -0.459 e. The summed E-state index contributed by atoms with van der Waals surface area (Å²) < 4.78 is 5.37. The second kappa shape index (κ2) is 6.97. The second-order valence-corrected chi connectivity index (χ2v) is 6.60. The van der Waals surface area contributed by atoms with Crippen molar-refractivity contribution in [2.45, 2.75) is 26.5 Å². The molecule has 1 amide bonds. The van der Waals surface area contributed by atoms with Crippen LogP contribution in [0.1, 0.15) is 29.1 Å². The van der Waals surface area contributed by atoms with Gasteiger partial charge in [-0.15, -0.1) is 11.3 Å². The number of hydrogen-bond acceptors (Lipinski definition) is 5. The molecule has 0 unspecified atom stereocenters. The molecule has 5 nitrogen and oxygen atoms in total. The summed E-state index contributed by atoms with van der Waals surface area (Å²) in [6.45, 7) is 4.07. The molecule has 2 aromatic rings. The van der Waals surface area contributed by atoms with Crippen LogP contribution >= 0.6 is 11.3 Å². The number of aliphatic imine (C=N–C) groups is 1. The predicted octanol–water partition coefficient (Wildman–Crippen LogP) is 3.43. The minimum absolute atomic E-state index is 0.176. The number of ether oxygens (including phenoxy) is 1. The van der Waals surface area contributed by atoms with E-state index in [1.807, 2.05) is 48.7 Å². The highest BCUT2D eigenvalue weighted by Crippen LogP contribution is 2.30. The Labute approximate surface area is 144 Å². The predicted molar refractivity (Wildman–Crippen MR) is 93.8 cm³/mol. The van der Waals surface area contributed by atoms with Crippen LogP contribution in [0.5, 0.6) is 0 Å². The maximum Gasteiger partial charge on any atom is 0.328 e. The fourth-order valence-electron chi connectivity index (χ4n) is 2.53. The number of amides is 1. The van der Waals surface area contributed by atoms with E-state index in [4.69, 9.17) is 4.74 Å². The number of benzene rings is 1. The Morgan fingerprint density at radius 1 is 1.33 bits per heavy atom. The lowest BCUT2D eigenvalue weighted by Gasteiger charge is -2.26. The number of fused-ring (bicyclic) bond motifs is 1. The minimum atomic E-state index is -0.667. The Kier molecular flexibility index (Phi) is 4.76. The molecule has 0 bridgehead atoms. The van der Waals surface area contributed by atoms with Crippen LogP contribution in [0, 0.1) is 0 Å². The molecule has 124 valence electrons. The third-order valence-corrected chi connectivity index (χ3v) is 4.73. The Morgan fingerprint density at radius 2 is 2.08 bits per heavy atom. The lowest BCUT2D eigenvalue weighted by atomic mass is 10.2. The fraction of sp³-hybridized carbons (Fsp3) is 0.278. The Balaban J connectivity index is 1.72. The van der Waals surface area contributed by atoms with Crippen molar-refractivity contribution in [3.05, 3.63) is 52.2 Å². The molecule has 3 rings (SSSR count). The monoisotopic (exact) mass is 342 g/mol. The average molecular weight is 342 g/mol. The zero-order valence-electron chi connectivity index (χ0n) is 13.6. The van der Waals surface area contributed by atoms with Crippen molar-refractivity contribution in [2.24, 2.45) is 4.99 Å². The zero-order chi connectivity index (χ0) is 17.1. The molecule has 0 fully saturated rings. The topological polar surface area (TPSA) is 59.0 Å². The molecule has 0 saturated heterocycles. The van der Waals surface area contributed by atoms with E-state index in [1.165, 1.54) is 16.2 Å². The highest BCUT2D eigenvalue weighted by Gasteiger charge is 2.32. The van der Waals surface area contributed by atoms with Gasteiger partial charge in [-0.2, -0.15) is 0 Å². The highest BCUT2D eigenvalue weighted by molar-refractivity contribution is 7.12. The summed E-state index contributed by atoms with van der Waals surface area (Å²) in [5.41, 5.74) is 2.39. The Hall–Kier alpha value is -2.47. The molecule has 1 aromatic heterocycles. The number of carbonyl (C=O) groups is 2. The number of carbonyl (C=O) groups excluding carboxylic acids is 2. The summed E-state index contributed by atoms with van der Waals surface area (Å²) in [7, 11) is 0. The summed E-state index contributed by atoms with van der Waals surface area (Å²) in [6.07, 6.45) is 0. The normalized spacial score (nSPS) is 15.3. The summed E-state index contributed by atoms with van der Waals surface area (Å²) in [4.78, 5) is 31.6. The van der Waals surface area contributed by atoms with Crippen LogP contribution < -0.4 is 0 Å². The van der Waals surface area contributed by atoms with E-state index in [1.54, 1.807) is 6.92 Å². The first kappa shape index (κ1) is 16.4. The van der Waals surface area contributed by atoms with Crippen LogP contribution in [-0.4, -0.2) is 35.1 Å². The number of esters is 1. The van der Waals surface area contributed by atoms with Gasteiger partial charge in [-0.1, -0.05) is 30.3 Å². The lowest BCUT2D eigenvalue weighted by molar-refractivity contribution is -0.149. The van der Waals surface area contributed by atoms with E-state index in [0.29, 0.717) is 17.1 Å². The molecule has 1 aliphatic heterocycles. The summed E-state index contributed by atoms with van der Waals surface area (Å²) in [5, 5.41) is 1.83. The van der Waals surface area contributed by atoms with Crippen molar-refractivity contribution in [2.75, 3.05) is 6.54 Å². The summed E-state index contributed by atoms with van der Waals surface area (Å²) in [5.74, 6) is -0.593.